The van der Waals surface area contributed by atoms with Gasteiger partial charge in [-0.25, -0.2) is 13.6 Å². The number of hydrogen-bond donors (Lipinski definition) is 0. The van der Waals surface area contributed by atoms with Crippen molar-refractivity contribution in [3.63, 3.8) is 0 Å². The average molecular weight is 413 g/mol. The lowest BCUT2D eigenvalue weighted by molar-refractivity contribution is -0.137. The lowest BCUT2D eigenvalue weighted by Crippen LogP contribution is -2.03. The Morgan fingerprint density at radius 3 is 2.67 bits per heavy atom. The molecular formula is C20H22F2O3S2. The monoisotopic (exact) mass is 412 g/mol. The fourth-order valence-electron chi connectivity index (χ4n) is 2.59. The highest BCUT2D eigenvalue weighted by Crippen LogP contribution is 2.31. The first-order valence-electron chi connectivity index (χ1n) is 8.78. The molecule has 3 nitrogen and oxygen atoms in total. The van der Waals surface area contributed by atoms with Crippen LogP contribution in [0.4, 0.5) is 8.78 Å². The van der Waals surface area contributed by atoms with Crippen LogP contribution in [0.5, 0.6) is 0 Å². The van der Waals surface area contributed by atoms with Gasteiger partial charge in [0.15, 0.2) is 5.82 Å². The Labute approximate surface area is 165 Å². The second-order valence-corrected chi connectivity index (χ2v) is 8.25. The molecule has 0 saturated carbocycles. The standard InChI is InChI=1S/C20H22F2O3S2/c1-3-18(23)25-9-7-5-4-6-8-10-26-17-12-16-14(11-15(17)21)13(2)19(22)20(24)27-16/h3,11-12H,1,4-10H2,2H3. The molecule has 0 atom stereocenters. The highest BCUT2D eigenvalue weighted by molar-refractivity contribution is 7.99. The van der Waals surface area contributed by atoms with Crippen molar-refractivity contribution in [3.05, 3.63) is 51.5 Å². The average Bonchev–Trinajstić information content (AvgIpc) is 2.65. The number of fused-ring (bicyclic) bond motifs is 1. The van der Waals surface area contributed by atoms with Crippen LogP contribution < -0.4 is 4.74 Å². The van der Waals surface area contributed by atoms with Crippen molar-refractivity contribution >= 4 is 39.2 Å². The molecule has 0 N–H and O–H groups in total. The smallest absolute Gasteiger partial charge is 0.330 e. The molecule has 146 valence electrons. The second-order valence-electron chi connectivity index (χ2n) is 6.10. The zero-order valence-electron chi connectivity index (χ0n) is 15.2. The van der Waals surface area contributed by atoms with Crippen molar-refractivity contribution in [2.24, 2.45) is 0 Å². The van der Waals surface area contributed by atoms with E-state index in [0.717, 1.165) is 55.3 Å². The second kappa shape index (κ2) is 10.6. The minimum absolute atomic E-state index is 0.197. The maximum Gasteiger partial charge on any atom is 0.330 e. The summed E-state index contributed by atoms with van der Waals surface area (Å²) >= 11 is 2.22. The van der Waals surface area contributed by atoms with Gasteiger partial charge >= 0.3 is 5.97 Å². The fraction of sp³-hybridized carbons (Fsp3) is 0.400. The third-order valence-electron chi connectivity index (χ3n) is 4.11. The van der Waals surface area contributed by atoms with Crippen molar-refractivity contribution in [2.75, 3.05) is 12.4 Å². The number of aryl methyl sites for hydroxylation is 1. The summed E-state index contributed by atoms with van der Waals surface area (Å²) in [5, 5.41) is 0.455. The first-order valence-corrected chi connectivity index (χ1v) is 10.6. The molecule has 0 unspecified atom stereocenters. The molecule has 2 rings (SSSR count). The molecule has 0 aliphatic carbocycles. The molecule has 27 heavy (non-hydrogen) atoms. The van der Waals surface area contributed by atoms with E-state index < -0.39 is 16.5 Å². The summed E-state index contributed by atoms with van der Waals surface area (Å²) in [5.74, 6) is -0.814. The van der Waals surface area contributed by atoms with Gasteiger partial charge in [0.05, 0.1) is 6.61 Å². The van der Waals surface area contributed by atoms with Gasteiger partial charge < -0.3 is 4.74 Å². The minimum atomic E-state index is -0.799. The summed E-state index contributed by atoms with van der Waals surface area (Å²) in [5.41, 5.74) is 0.197. The summed E-state index contributed by atoms with van der Waals surface area (Å²) in [6.45, 7) is 5.24. The maximum atomic E-state index is 14.3. The van der Waals surface area contributed by atoms with Gasteiger partial charge in [-0.05, 0) is 43.2 Å². The summed E-state index contributed by atoms with van der Waals surface area (Å²) in [4.78, 5) is 23.0. The molecule has 0 aliphatic heterocycles. The molecule has 0 bridgehead atoms. The van der Waals surface area contributed by atoms with E-state index in [1.54, 1.807) is 6.07 Å². The van der Waals surface area contributed by atoms with Crippen LogP contribution in [0, 0.1) is 18.6 Å². The van der Waals surface area contributed by atoms with Gasteiger partial charge in [0.1, 0.15) is 5.82 Å². The van der Waals surface area contributed by atoms with Crippen LogP contribution in [0.3, 0.4) is 0 Å². The molecule has 0 amide bonds. The third-order valence-corrected chi connectivity index (χ3v) is 6.15. The molecule has 0 radical (unpaired) electrons. The maximum absolute atomic E-state index is 14.3. The molecule has 1 heterocycles. The van der Waals surface area contributed by atoms with E-state index in [-0.39, 0.29) is 11.4 Å². The van der Waals surface area contributed by atoms with Gasteiger partial charge in [0.2, 0.25) is 0 Å². The summed E-state index contributed by atoms with van der Waals surface area (Å²) in [6.07, 6.45) is 5.91. The predicted molar refractivity (Wildman–Crippen MR) is 108 cm³/mol. The van der Waals surface area contributed by atoms with Crippen LogP contribution in [0.1, 0.15) is 37.7 Å². The minimum Gasteiger partial charge on any atom is -0.463 e. The number of unbranched alkanes of at least 4 members (excludes halogenated alkanes) is 4. The molecule has 0 saturated heterocycles. The van der Waals surface area contributed by atoms with Crippen LogP contribution in [-0.2, 0) is 9.53 Å². The Balaban J connectivity index is 1.78. The van der Waals surface area contributed by atoms with Crippen LogP contribution in [-0.4, -0.2) is 18.3 Å². The van der Waals surface area contributed by atoms with Crippen LogP contribution >= 0.6 is 23.1 Å². The van der Waals surface area contributed by atoms with Gasteiger partial charge in [0, 0.05) is 21.1 Å². The quantitative estimate of drug-likeness (QED) is 0.220. The Morgan fingerprint density at radius 2 is 1.93 bits per heavy atom. The Hall–Kier alpha value is -1.73. The first kappa shape index (κ1) is 21.6. The van der Waals surface area contributed by atoms with Crippen LogP contribution in [0.15, 0.2) is 34.5 Å². The molecule has 0 spiro atoms. The van der Waals surface area contributed by atoms with Crippen LogP contribution in [0.25, 0.3) is 10.1 Å². The highest BCUT2D eigenvalue weighted by Gasteiger charge is 2.13. The molecule has 1 aromatic carbocycles. The van der Waals surface area contributed by atoms with Crippen molar-refractivity contribution in [1.82, 2.24) is 0 Å². The summed E-state index contributed by atoms with van der Waals surface area (Å²) in [7, 11) is 0. The lowest BCUT2D eigenvalue weighted by atomic mass is 10.1. The first-order chi connectivity index (χ1) is 12.9. The lowest BCUT2D eigenvalue weighted by Gasteiger charge is -2.07. The number of halogens is 2. The Kier molecular flexibility index (Phi) is 8.44. The van der Waals surface area contributed by atoms with Crippen molar-refractivity contribution in [2.45, 2.75) is 43.9 Å². The van der Waals surface area contributed by atoms with Crippen molar-refractivity contribution in [1.29, 1.82) is 0 Å². The van der Waals surface area contributed by atoms with Crippen molar-refractivity contribution < 1.29 is 18.3 Å². The van der Waals surface area contributed by atoms with E-state index >= 15 is 0 Å². The van der Waals surface area contributed by atoms with E-state index in [2.05, 4.69) is 6.58 Å². The topological polar surface area (TPSA) is 43.4 Å². The number of benzene rings is 1. The number of carbonyl (C=O) groups excluding carboxylic acids is 1. The van der Waals surface area contributed by atoms with Gasteiger partial charge in [0.25, 0.3) is 4.74 Å². The third kappa shape index (κ3) is 6.14. The van der Waals surface area contributed by atoms with Gasteiger partial charge in [-0.2, -0.15) is 0 Å². The van der Waals surface area contributed by atoms with Gasteiger partial charge in [-0.15, -0.1) is 11.8 Å². The van der Waals surface area contributed by atoms with Gasteiger partial charge in [-0.1, -0.05) is 37.2 Å². The molecule has 1 aromatic heterocycles. The van der Waals surface area contributed by atoms with Gasteiger partial charge in [-0.3, -0.25) is 4.79 Å². The molecule has 7 heteroatoms. The molecule has 0 fully saturated rings. The SMILES string of the molecule is C=CC(=O)OCCCCCCCSc1cc2sc(=O)c(F)c(C)c2cc1F. The number of ether oxygens (including phenoxy) is 1. The molecule has 2 aromatic rings. The van der Waals surface area contributed by atoms with E-state index in [4.69, 9.17) is 4.74 Å². The summed E-state index contributed by atoms with van der Waals surface area (Å²) < 4.78 is 32.9. The van der Waals surface area contributed by atoms with Crippen LogP contribution in [0.2, 0.25) is 0 Å². The number of rotatable bonds is 10. The zero-order chi connectivity index (χ0) is 19.8. The fourth-order valence-corrected chi connectivity index (χ4v) is 4.57. The largest absolute Gasteiger partial charge is 0.463 e. The normalized spacial score (nSPS) is 10.9. The molecular weight excluding hydrogens is 390 g/mol. The van der Waals surface area contributed by atoms with Crippen molar-refractivity contribution in [3.8, 4) is 0 Å². The zero-order valence-corrected chi connectivity index (χ0v) is 16.8. The van der Waals surface area contributed by atoms with E-state index in [1.807, 2.05) is 0 Å². The van der Waals surface area contributed by atoms with E-state index in [1.165, 1.54) is 24.8 Å². The number of hydrogen-bond acceptors (Lipinski definition) is 5. The molecule has 0 aliphatic rings. The van der Waals surface area contributed by atoms with E-state index in [9.17, 15) is 18.4 Å². The number of esters is 1. The summed E-state index contributed by atoms with van der Waals surface area (Å²) in [6, 6.07) is 2.96. The Morgan fingerprint density at radius 1 is 1.22 bits per heavy atom. The highest BCUT2D eigenvalue weighted by atomic mass is 32.2. The number of thioether (sulfide) groups is 1. The van der Waals surface area contributed by atoms with E-state index in [0.29, 0.717) is 21.6 Å². The number of carbonyl (C=O) groups is 1. The Bertz CT molecular complexity index is 878. The predicted octanol–water partition coefficient (Wildman–Crippen LogP) is 5.62.